The number of anilines is 1. The lowest BCUT2D eigenvalue weighted by Gasteiger charge is -2.09. The van der Waals surface area contributed by atoms with Gasteiger partial charge < -0.3 is 14.8 Å². The molecule has 2 aromatic rings. The molecule has 0 saturated heterocycles. The van der Waals surface area contributed by atoms with Crippen molar-refractivity contribution in [2.24, 2.45) is 0 Å². The Labute approximate surface area is 159 Å². The van der Waals surface area contributed by atoms with Crippen molar-refractivity contribution < 1.29 is 14.3 Å². The number of amides is 1. The molecule has 0 aliphatic carbocycles. The van der Waals surface area contributed by atoms with E-state index in [4.69, 9.17) is 15.9 Å². The highest BCUT2D eigenvalue weighted by atomic mass is 16.5. The number of ether oxygens (including phenoxy) is 2. The van der Waals surface area contributed by atoms with Crippen molar-refractivity contribution in [1.29, 1.82) is 5.26 Å². The maximum Gasteiger partial charge on any atom is 0.266 e. The quantitative estimate of drug-likeness (QED) is 0.463. The van der Waals surface area contributed by atoms with E-state index in [-0.39, 0.29) is 12.2 Å². The average Bonchev–Trinajstić information content (AvgIpc) is 2.71. The van der Waals surface area contributed by atoms with Crippen LogP contribution in [0, 0.1) is 23.7 Å². The fourth-order valence-electron chi connectivity index (χ4n) is 2.35. The maximum atomic E-state index is 12.4. The molecule has 2 aromatic carbocycles. The monoisotopic (exact) mass is 360 g/mol. The minimum absolute atomic E-state index is 0.0195. The number of terminal acetylenes is 1. The zero-order chi connectivity index (χ0) is 19.6. The molecule has 0 bridgehead atoms. The van der Waals surface area contributed by atoms with Crippen LogP contribution in [0.15, 0.2) is 48.0 Å². The van der Waals surface area contributed by atoms with E-state index < -0.39 is 5.91 Å². The lowest BCUT2D eigenvalue weighted by atomic mass is 10.1. The Hall–Kier alpha value is -3.70. The molecule has 136 valence electrons. The van der Waals surface area contributed by atoms with E-state index in [1.165, 1.54) is 18.7 Å². The van der Waals surface area contributed by atoms with E-state index in [9.17, 15) is 10.1 Å². The van der Waals surface area contributed by atoms with E-state index in [1.807, 2.05) is 30.3 Å². The Kier molecular flexibility index (Phi) is 7.05. The number of benzene rings is 2. The van der Waals surface area contributed by atoms with Crippen LogP contribution in [0.25, 0.3) is 6.08 Å². The van der Waals surface area contributed by atoms with Crippen LogP contribution in [-0.2, 0) is 11.2 Å². The highest BCUT2D eigenvalue weighted by Crippen LogP contribution is 2.29. The van der Waals surface area contributed by atoms with Gasteiger partial charge in [0.1, 0.15) is 18.2 Å². The topological polar surface area (TPSA) is 71.3 Å². The van der Waals surface area contributed by atoms with Gasteiger partial charge in [-0.3, -0.25) is 4.79 Å². The molecule has 27 heavy (non-hydrogen) atoms. The summed E-state index contributed by atoms with van der Waals surface area (Å²) in [7, 11) is 1.50. The van der Waals surface area contributed by atoms with Gasteiger partial charge >= 0.3 is 0 Å². The van der Waals surface area contributed by atoms with Crippen molar-refractivity contribution in [1.82, 2.24) is 0 Å². The number of aryl methyl sites for hydroxylation is 1. The van der Waals surface area contributed by atoms with Crippen LogP contribution >= 0.6 is 0 Å². The van der Waals surface area contributed by atoms with Gasteiger partial charge in [0, 0.05) is 5.69 Å². The summed E-state index contributed by atoms with van der Waals surface area (Å²) in [5.41, 5.74) is 2.42. The fourth-order valence-corrected chi connectivity index (χ4v) is 2.35. The second kappa shape index (κ2) is 9.70. The van der Waals surface area contributed by atoms with Crippen LogP contribution in [0.5, 0.6) is 11.5 Å². The summed E-state index contributed by atoms with van der Waals surface area (Å²) in [5.74, 6) is 2.86. The average molecular weight is 360 g/mol. The van der Waals surface area contributed by atoms with Gasteiger partial charge in [0.15, 0.2) is 11.5 Å². The second-order valence-electron chi connectivity index (χ2n) is 5.58. The van der Waals surface area contributed by atoms with E-state index >= 15 is 0 Å². The first-order valence-corrected chi connectivity index (χ1v) is 8.37. The zero-order valence-corrected chi connectivity index (χ0v) is 15.3. The molecule has 0 radical (unpaired) electrons. The third-order valence-electron chi connectivity index (χ3n) is 3.79. The molecule has 0 spiro atoms. The van der Waals surface area contributed by atoms with Crippen molar-refractivity contribution in [2.45, 2.75) is 13.3 Å². The number of carbonyl (C=O) groups excluding carboxylic acids is 1. The summed E-state index contributed by atoms with van der Waals surface area (Å²) in [6, 6.07) is 14.5. The molecule has 0 aliphatic rings. The van der Waals surface area contributed by atoms with Crippen molar-refractivity contribution in [2.75, 3.05) is 19.0 Å². The number of rotatable bonds is 7. The van der Waals surface area contributed by atoms with Gasteiger partial charge in [0.05, 0.1) is 7.11 Å². The van der Waals surface area contributed by atoms with Gasteiger partial charge in [-0.25, -0.2) is 0 Å². The molecule has 0 heterocycles. The number of nitrogens with zero attached hydrogens (tertiary/aromatic N) is 1. The van der Waals surface area contributed by atoms with Crippen LogP contribution in [0.4, 0.5) is 5.69 Å². The van der Waals surface area contributed by atoms with Crippen molar-refractivity contribution >= 4 is 17.7 Å². The Morgan fingerprint density at radius 2 is 1.96 bits per heavy atom. The van der Waals surface area contributed by atoms with Crippen LogP contribution in [0.3, 0.4) is 0 Å². The molecular weight excluding hydrogens is 340 g/mol. The molecule has 0 aliphatic heterocycles. The summed E-state index contributed by atoms with van der Waals surface area (Å²) in [5, 5.41) is 12.1. The normalized spacial score (nSPS) is 10.4. The molecule has 5 heteroatoms. The van der Waals surface area contributed by atoms with E-state index in [0.717, 1.165) is 6.42 Å². The smallest absolute Gasteiger partial charge is 0.266 e. The van der Waals surface area contributed by atoms with Gasteiger partial charge in [-0.05, 0) is 47.9 Å². The van der Waals surface area contributed by atoms with Gasteiger partial charge in [0.25, 0.3) is 5.91 Å². The first kappa shape index (κ1) is 19.6. The molecule has 0 saturated carbocycles. The second-order valence-corrected chi connectivity index (χ2v) is 5.58. The number of nitrogens with one attached hydrogen (secondary N) is 1. The first-order chi connectivity index (χ1) is 13.1. The molecule has 0 aromatic heterocycles. The van der Waals surface area contributed by atoms with Crippen LogP contribution in [-0.4, -0.2) is 19.6 Å². The zero-order valence-electron chi connectivity index (χ0n) is 15.3. The molecule has 0 atom stereocenters. The lowest BCUT2D eigenvalue weighted by Crippen LogP contribution is -2.13. The third kappa shape index (κ3) is 5.39. The van der Waals surface area contributed by atoms with Gasteiger partial charge in [-0.15, -0.1) is 6.42 Å². The SMILES string of the molecule is C#CCOc1ccc(/C=C(\C#N)C(=O)Nc2ccc(CC)cc2)cc1OC. The number of nitriles is 1. The molecule has 2 rings (SSSR count). The van der Waals surface area contributed by atoms with Crippen LogP contribution in [0.1, 0.15) is 18.1 Å². The maximum absolute atomic E-state index is 12.4. The summed E-state index contributed by atoms with van der Waals surface area (Å²) in [6.45, 7) is 2.18. The standard InChI is InChI=1S/C22H20N2O3/c1-4-12-27-20-11-8-17(14-21(20)26-3)13-18(15-23)22(25)24-19-9-6-16(5-2)7-10-19/h1,6-11,13-14H,5,12H2,2-3H3,(H,24,25)/b18-13+. The predicted octanol–water partition coefficient (Wildman–Crippen LogP) is 3.82. The Morgan fingerprint density at radius 3 is 2.56 bits per heavy atom. The molecule has 1 amide bonds. The molecule has 5 nitrogen and oxygen atoms in total. The van der Waals surface area contributed by atoms with Crippen LogP contribution in [0.2, 0.25) is 0 Å². The van der Waals surface area contributed by atoms with Crippen molar-refractivity contribution in [3.05, 3.63) is 59.2 Å². The van der Waals surface area contributed by atoms with Gasteiger partial charge in [-0.1, -0.05) is 31.0 Å². The molecule has 0 fully saturated rings. The Morgan fingerprint density at radius 1 is 1.22 bits per heavy atom. The van der Waals surface area contributed by atoms with Crippen LogP contribution < -0.4 is 14.8 Å². The Bertz CT molecular complexity index is 916. The first-order valence-electron chi connectivity index (χ1n) is 8.37. The highest BCUT2D eigenvalue weighted by molar-refractivity contribution is 6.09. The molecular formula is C22H20N2O3. The summed E-state index contributed by atoms with van der Waals surface area (Å²) in [6.07, 6.45) is 7.60. The predicted molar refractivity (Wildman–Crippen MR) is 105 cm³/mol. The largest absolute Gasteiger partial charge is 0.493 e. The number of hydrogen-bond donors (Lipinski definition) is 1. The minimum Gasteiger partial charge on any atom is -0.493 e. The van der Waals surface area contributed by atoms with E-state index in [1.54, 1.807) is 18.2 Å². The van der Waals surface area contributed by atoms with E-state index in [2.05, 4.69) is 18.2 Å². The third-order valence-corrected chi connectivity index (χ3v) is 3.79. The summed E-state index contributed by atoms with van der Waals surface area (Å²) in [4.78, 5) is 12.4. The minimum atomic E-state index is -0.478. The van der Waals surface area contributed by atoms with E-state index in [0.29, 0.717) is 22.7 Å². The Balaban J connectivity index is 2.20. The van der Waals surface area contributed by atoms with Gasteiger partial charge in [-0.2, -0.15) is 5.26 Å². The molecule has 1 N–H and O–H groups in total. The number of hydrogen-bond acceptors (Lipinski definition) is 4. The van der Waals surface area contributed by atoms with Gasteiger partial charge in [0.2, 0.25) is 0 Å². The fraction of sp³-hybridized carbons (Fsp3) is 0.182. The summed E-state index contributed by atoms with van der Waals surface area (Å²) >= 11 is 0. The lowest BCUT2D eigenvalue weighted by molar-refractivity contribution is -0.112. The highest BCUT2D eigenvalue weighted by Gasteiger charge is 2.11. The summed E-state index contributed by atoms with van der Waals surface area (Å²) < 4.78 is 10.7. The van der Waals surface area contributed by atoms with Crippen molar-refractivity contribution in [3.63, 3.8) is 0 Å². The van der Waals surface area contributed by atoms with Crippen molar-refractivity contribution in [3.8, 4) is 29.9 Å². The number of methoxy groups -OCH3 is 1. The number of carbonyl (C=O) groups is 1. The molecule has 0 unspecified atom stereocenters.